The molecule has 0 radical (unpaired) electrons. The van der Waals surface area contributed by atoms with Crippen molar-refractivity contribution >= 4 is 71.4 Å². The van der Waals surface area contributed by atoms with E-state index in [1.54, 1.807) is 18.2 Å². The van der Waals surface area contributed by atoms with E-state index in [1.165, 1.54) is 4.57 Å². The summed E-state index contributed by atoms with van der Waals surface area (Å²) in [5.74, 6) is -1.07. The number of amides is 2. The number of carbonyl (C=O) groups is 2. The van der Waals surface area contributed by atoms with Crippen molar-refractivity contribution in [3.63, 3.8) is 0 Å². The van der Waals surface area contributed by atoms with Crippen molar-refractivity contribution in [2.75, 3.05) is 4.90 Å². The maximum Gasteiger partial charge on any atom is 0.267 e. The van der Waals surface area contributed by atoms with Gasteiger partial charge >= 0.3 is 0 Å². The zero-order valence-corrected chi connectivity index (χ0v) is 25.6. The van der Waals surface area contributed by atoms with Crippen molar-refractivity contribution in [3.05, 3.63) is 139 Å². The van der Waals surface area contributed by atoms with Crippen molar-refractivity contribution in [1.29, 1.82) is 0 Å². The number of hydrogen-bond acceptors (Lipinski definition) is 4. The van der Waals surface area contributed by atoms with Gasteiger partial charge in [0.25, 0.3) is 22.9 Å². The third kappa shape index (κ3) is 3.25. The summed E-state index contributed by atoms with van der Waals surface area (Å²) in [5, 5.41) is 6.49. The van der Waals surface area contributed by atoms with Gasteiger partial charge in [0.15, 0.2) is 0 Å². The van der Waals surface area contributed by atoms with Gasteiger partial charge in [0, 0.05) is 16.3 Å². The molecule has 1 aliphatic heterocycles. The van der Waals surface area contributed by atoms with Crippen molar-refractivity contribution < 1.29 is 9.59 Å². The number of anilines is 1. The molecule has 0 spiro atoms. The molecule has 220 valence electrons. The normalized spacial score (nSPS) is 13.4. The van der Waals surface area contributed by atoms with E-state index in [4.69, 9.17) is 0 Å². The maximum absolute atomic E-state index is 14.8. The van der Waals surface area contributed by atoms with E-state index in [-0.39, 0.29) is 16.3 Å². The Morgan fingerprint density at radius 1 is 0.457 bits per heavy atom. The van der Waals surface area contributed by atoms with Crippen LogP contribution in [0.3, 0.4) is 0 Å². The Morgan fingerprint density at radius 3 is 1.65 bits per heavy atom. The van der Waals surface area contributed by atoms with Gasteiger partial charge in [-0.2, -0.15) is 0 Å². The first-order valence-corrected chi connectivity index (χ1v) is 15.3. The summed E-state index contributed by atoms with van der Waals surface area (Å²) in [6.45, 7) is 7.66. The maximum atomic E-state index is 14.8. The summed E-state index contributed by atoms with van der Waals surface area (Å²) in [6.07, 6.45) is 0. The van der Waals surface area contributed by atoms with Crippen LogP contribution in [0.1, 0.15) is 43.0 Å². The summed E-state index contributed by atoms with van der Waals surface area (Å²) in [5.41, 5.74) is 3.87. The van der Waals surface area contributed by atoms with Gasteiger partial charge in [-0.05, 0) is 113 Å². The monoisotopic (exact) mass is 598 g/mol. The average Bonchev–Trinajstić information content (AvgIpc) is 3.27. The van der Waals surface area contributed by atoms with Crippen LogP contribution in [0.15, 0.2) is 94.5 Å². The van der Waals surface area contributed by atoms with E-state index in [2.05, 4.69) is 0 Å². The van der Waals surface area contributed by atoms with Crippen LogP contribution in [0.4, 0.5) is 5.69 Å². The van der Waals surface area contributed by atoms with Crippen LogP contribution in [0.5, 0.6) is 0 Å². The smallest absolute Gasteiger partial charge is 0.267 e. The molecule has 2 amide bonds. The Balaban J connectivity index is 1.57. The highest BCUT2D eigenvalue weighted by Gasteiger charge is 2.39. The van der Waals surface area contributed by atoms with E-state index >= 15 is 0 Å². The predicted octanol–water partition coefficient (Wildman–Crippen LogP) is 7.87. The minimum absolute atomic E-state index is 0.0494. The standard InChI is InChI=1S/C40H26N2O4/c1-19-13-20(2)16-24(15-19)41-37(43)29-12-11-27-26-9-5-7-23-8-6-10-28(30(23)26)32-31(27)33(29)35(38(41)44)36-34(32)39(45)42(40(36)46)25-17-21(3)14-22(4)18-25/h5-18H,1-4H3. The fourth-order valence-electron chi connectivity index (χ4n) is 7.98. The summed E-state index contributed by atoms with van der Waals surface area (Å²) in [7, 11) is 0. The second-order valence-corrected chi connectivity index (χ2v) is 12.7. The van der Waals surface area contributed by atoms with E-state index in [1.807, 2.05) is 94.4 Å². The second kappa shape index (κ2) is 8.86. The third-order valence-electron chi connectivity index (χ3n) is 9.53. The number of hydrogen-bond donors (Lipinski definition) is 0. The van der Waals surface area contributed by atoms with Gasteiger partial charge in [-0.3, -0.25) is 19.2 Å². The van der Waals surface area contributed by atoms with Gasteiger partial charge in [0.2, 0.25) is 0 Å². The Labute approximate surface area is 262 Å². The van der Waals surface area contributed by atoms with E-state index in [0.717, 1.165) is 54.1 Å². The molecule has 0 atom stereocenters. The van der Waals surface area contributed by atoms with Crippen molar-refractivity contribution in [3.8, 4) is 5.69 Å². The molecule has 0 saturated heterocycles. The number of aromatic nitrogens is 1. The van der Waals surface area contributed by atoms with Crippen molar-refractivity contribution in [1.82, 2.24) is 4.57 Å². The Morgan fingerprint density at radius 2 is 1.00 bits per heavy atom. The molecule has 0 N–H and O–H groups in total. The SMILES string of the molecule is Cc1cc(C)cc(N2C(=O)c3ccc4c5cccc6cccc(c65)c5c6c(=O)n(-c7cc(C)cc(C)c7)c(=O)c6c(c3c45)C2=O)c1. The molecular formula is C40H26N2O4. The Bertz CT molecular complexity index is 2780. The molecule has 8 aromatic rings. The highest BCUT2D eigenvalue weighted by molar-refractivity contribution is 6.47. The van der Waals surface area contributed by atoms with E-state index in [0.29, 0.717) is 33.1 Å². The van der Waals surface area contributed by atoms with Gasteiger partial charge in [-0.1, -0.05) is 54.6 Å². The first kappa shape index (κ1) is 26.5. The van der Waals surface area contributed by atoms with Gasteiger partial charge in [0.1, 0.15) is 0 Å². The third-order valence-corrected chi connectivity index (χ3v) is 9.53. The molecule has 0 unspecified atom stereocenters. The first-order chi connectivity index (χ1) is 22.1. The predicted molar refractivity (Wildman–Crippen MR) is 185 cm³/mol. The summed E-state index contributed by atoms with van der Waals surface area (Å²) >= 11 is 0. The second-order valence-electron chi connectivity index (χ2n) is 12.7. The highest BCUT2D eigenvalue weighted by Crippen LogP contribution is 2.47. The molecule has 2 heterocycles. The number of aryl methyl sites for hydroxylation is 4. The number of rotatable bonds is 2. The molecule has 6 nitrogen and oxygen atoms in total. The summed E-state index contributed by atoms with van der Waals surface area (Å²) in [4.78, 5) is 59.7. The first-order valence-electron chi connectivity index (χ1n) is 15.3. The van der Waals surface area contributed by atoms with Crippen molar-refractivity contribution in [2.24, 2.45) is 0 Å². The number of fused-ring (bicyclic) bond motifs is 5. The number of carbonyl (C=O) groups excluding carboxylic acids is 2. The van der Waals surface area contributed by atoms with E-state index in [9.17, 15) is 19.2 Å². The lowest BCUT2D eigenvalue weighted by atomic mass is 9.82. The van der Waals surface area contributed by atoms with Crippen LogP contribution in [0.25, 0.3) is 59.5 Å². The van der Waals surface area contributed by atoms with E-state index < -0.39 is 22.9 Å². The minimum Gasteiger partial charge on any atom is -0.268 e. The molecular weight excluding hydrogens is 572 g/mol. The fourth-order valence-corrected chi connectivity index (χ4v) is 7.98. The summed E-state index contributed by atoms with van der Waals surface area (Å²) in [6, 6.07) is 26.8. The molecule has 0 fully saturated rings. The van der Waals surface area contributed by atoms with Gasteiger partial charge in [-0.15, -0.1) is 0 Å². The number of nitrogens with zero attached hydrogens (tertiary/aromatic N) is 2. The van der Waals surface area contributed by atoms with Crippen molar-refractivity contribution in [2.45, 2.75) is 27.7 Å². The van der Waals surface area contributed by atoms with Crippen LogP contribution in [-0.4, -0.2) is 16.4 Å². The molecule has 0 saturated carbocycles. The van der Waals surface area contributed by atoms with Gasteiger partial charge in [-0.25, -0.2) is 9.47 Å². The molecule has 0 aliphatic carbocycles. The zero-order valence-electron chi connectivity index (χ0n) is 25.6. The topological polar surface area (TPSA) is 76.5 Å². The Hall–Kier alpha value is -5.88. The quantitative estimate of drug-likeness (QED) is 0.115. The minimum atomic E-state index is -0.608. The molecule has 1 aliphatic rings. The van der Waals surface area contributed by atoms with Crippen LogP contribution in [-0.2, 0) is 0 Å². The molecule has 1 aromatic heterocycles. The molecule has 6 heteroatoms. The lowest BCUT2D eigenvalue weighted by Crippen LogP contribution is -2.41. The largest absolute Gasteiger partial charge is 0.268 e. The van der Waals surface area contributed by atoms with Gasteiger partial charge < -0.3 is 0 Å². The zero-order chi connectivity index (χ0) is 31.8. The Kier molecular flexibility index (Phi) is 5.10. The lowest BCUT2D eigenvalue weighted by Gasteiger charge is -2.29. The average molecular weight is 599 g/mol. The van der Waals surface area contributed by atoms with Crippen LogP contribution < -0.4 is 16.0 Å². The summed E-state index contributed by atoms with van der Waals surface area (Å²) < 4.78 is 1.20. The number of benzene rings is 7. The van der Waals surface area contributed by atoms with Crippen LogP contribution in [0.2, 0.25) is 0 Å². The van der Waals surface area contributed by atoms with Gasteiger partial charge in [0.05, 0.1) is 27.7 Å². The molecule has 46 heavy (non-hydrogen) atoms. The van der Waals surface area contributed by atoms with Crippen LogP contribution in [0, 0.1) is 27.7 Å². The number of imide groups is 1. The molecule has 7 aromatic carbocycles. The fraction of sp³-hybridized carbons (Fsp3) is 0.100. The highest BCUT2D eigenvalue weighted by atomic mass is 16.2. The lowest BCUT2D eigenvalue weighted by molar-refractivity contribution is 0.0894. The molecule has 0 bridgehead atoms. The van der Waals surface area contributed by atoms with Crippen LogP contribution >= 0.6 is 0 Å². The molecule has 9 rings (SSSR count).